The van der Waals surface area contributed by atoms with Crippen molar-refractivity contribution >= 4 is 29.6 Å². The molecule has 2 aromatic carbocycles. The highest BCUT2D eigenvalue weighted by Gasteiger charge is 2.17. The van der Waals surface area contributed by atoms with Crippen LogP contribution < -0.4 is 0 Å². The molecule has 4 nitrogen and oxygen atoms in total. The van der Waals surface area contributed by atoms with Crippen molar-refractivity contribution in [1.29, 1.82) is 0 Å². The van der Waals surface area contributed by atoms with Crippen molar-refractivity contribution in [2.45, 2.75) is 23.8 Å². The molecule has 1 heterocycles. The molecule has 0 saturated carbocycles. The van der Waals surface area contributed by atoms with Crippen molar-refractivity contribution in [2.75, 3.05) is 0 Å². The van der Waals surface area contributed by atoms with E-state index in [1.807, 2.05) is 35.9 Å². The van der Waals surface area contributed by atoms with Gasteiger partial charge in [-0.2, -0.15) is 5.10 Å². The van der Waals surface area contributed by atoms with E-state index in [1.165, 1.54) is 11.8 Å². The average molecular weight is 358 g/mol. The zero-order valence-corrected chi connectivity index (χ0v) is 14.8. The Kier molecular flexibility index (Phi) is 4.92. The van der Waals surface area contributed by atoms with Crippen molar-refractivity contribution < 1.29 is 5.21 Å². The molecule has 0 fully saturated rings. The van der Waals surface area contributed by atoms with E-state index in [-0.39, 0.29) is 0 Å². The molecule has 6 heteroatoms. The lowest BCUT2D eigenvalue weighted by Gasteiger charge is -2.08. The molecule has 0 saturated heterocycles. The Morgan fingerprint density at radius 3 is 2.38 bits per heavy atom. The van der Waals surface area contributed by atoms with Crippen LogP contribution in [0.3, 0.4) is 0 Å². The third kappa shape index (κ3) is 3.47. The van der Waals surface area contributed by atoms with Gasteiger partial charge in [-0.3, -0.25) is 0 Å². The van der Waals surface area contributed by atoms with E-state index >= 15 is 0 Å². The van der Waals surface area contributed by atoms with Crippen molar-refractivity contribution in [2.24, 2.45) is 5.16 Å². The molecule has 1 N–H and O–H groups in total. The third-order valence-electron chi connectivity index (χ3n) is 3.56. The number of hydrogen-bond donors (Lipinski definition) is 1. The van der Waals surface area contributed by atoms with Crippen molar-refractivity contribution in [1.82, 2.24) is 9.78 Å². The molecule has 0 aliphatic carbocycles. The first-order chi connectivity index (χ1) is 11.6. The molecule has 24 heavy (non-hydrogen) atoms. The Balaban J connectivity index is 2.10. The zero-order chi connectivity index (χ0) is 17.1. The van der Waals surface area contributed by atoms with Crippen LogP contribution in [0.25, 0.3) is 5.69 Å². The first-order valence-electron chi connectivity index (χ1n) is 7.36. The van der Waals surface area contributed by atoms with Gasteiger partial charge in [0.15, 0.2) is 0 Å². The fourth-order valence-electron chi connectivity index (χ4n) is 2.30. The van der Waals surface area contributed by atoms with Gasteiger partial charge in [-0.1, -0.05) is 46.2 Å². The number of rotatable bonds is 4. The summed E-state index contributed by atoms with van der Waals surface area (Å²) in [7, 11) is 0. The number of nitrogens with zero attached hydrogens (tertiary/aromatic N) is 3. The Hall–Kier alpha value is -2.24. The standard InChI is InChI=1S/C18H16ClN3OS/c1-12-3-9-16(10-4-12)24-18-17(11-20-23)13(2)21-22(18)15-7-5-14(19)6-8-15/h3-11,23H,1-2H3. The second-order valence-electron chi connectivity index (χ2n) is 5.35. The van der Waals surface area contributed by atoms with Gasteiger partial charge in [0, 0.05) is 9.92 Å². The van der Waals surface area contributed by atoms with Crippen molar-refractivity contribution in [3.05, 3.63) is 70.4 Å². The molecule has 3 aromatic rings. The smallest absolute Gasteiger partial charge is 0.114 e. The molecular formula is C18H16ClN3OS. The van der Waals surface area contributed by atoms with Crippen LogP contribution in [0.4, 0.5) is 0 Å². The van der Waals surface area contributed by atoms with Crippen LogP contribution in [0.5, 0.6) is 0 Å². The normalized spacial score (nSPS) is 11.3. The molecule has 0 spiro atoms. The topological polar surface area (TPSA) is 50.4 Å². The monoisotopic (exact) mass is 357 g/mol. The Bertz CT molecular complexity index is 871. The molecular weight excluding hydrogens is 342 g/mol. The zero-order valence-electron chi connectivity index (χ0n) is 13.3. The first kappa shape index (κ1) is 16.6. The van der Waals surface area contributed by atoms with Crippen molar-refractivity contribution in [3.8, 4) is 5.69 Å². The molecule has 0 bridgehead atoms. The minimum absolute atomic E-state index is 0.674. The fraction of sp³-hybridized carbons (Fsp3) is 0.111. The second-order valence-corrected chi connectivity index (χ2v) is 6.85. The predicted molar refractivity (Wildman–Crippen MR) is 98.0 cm³/mol. The van der Waals surface area contributed by atoms with Gasteiger partial charge in [0.05, 0.1) is 23.2 Å². The summed E-state index contributed by atoms with van der Waals surface area (Å²) < 4.78 is 1.84. The molecule has 0 atom stereocenters. The van der Waals surface area contributed by atoms with E-state index in [2.05, 4.69) is 41.4 Å². The molecule has 122 valence electrons. The van der Waals surface area contributed by atoms with Gasteiger partial charge in [-0.15, -0.1) is 0 Å². The summed E-state index contributed by atoms with van der Waals surface area (Å²) in [6.45, 7) is 3.95. The number of aryl methyl sites for hydroxylation is 2. The number of aromatic nitrogens is 2. The second kappa shape index (κ2) is 7.11. The first-order valence-corrected chi connectivity index (χ1v) is 8.55. The Morgan fingerprint density at radius 2 is 1.75 bits per heavy atom. The van der Waals surface area contributed by atoms with Gasteiger partial charge >= 0.3 is 0 Å². The summed E-state index contributed by atoms with van der Waals surface area (Å²) in [6, 6.07) is 15.7. The largest absolute Gasteiger partial charge is 0.411 e. The van der Waals surface area contributed by atoms with E-state index in [0.717, 1.165) is 26.9 Å². The van der Waals surface area contributed by atoms with Gasteiger partial charge in [-0.25, -0.2) is 4.68 Å². The minimum atomic E-state index is 0.674. The fourth-order valence-corrected chi connectivity index (χ4v) is 3.46. The van der Waals surface area contributed by atoms with Gasteiger partial charge in [0.1, 0.15) is 5.03 Å². The van der Waals surface area contributed by atoms with Gasteiger partial charge < -0.3 is 5.21 Å². The van der Waals surface area contributed by atoms with Gasteiger partial charge in [-0.05, 0) is 50.2 Å². The predicted octanol–water partition coefficient (Wildman–Crippen LogP) is 5.10. The summed E-state index contributed by atoms with van der Waals surface area (Å²) in [5.41, 5.74) is 3.68. The Morgan fingerprint density at radius 1 is 1.08 bits per heavy atom. The molecule has 0 aliphatic rings. The number of oxime groups is 1. The van der Waals surface area contributed by atoms with E-state index in [4.69, 9.17) is 16.8 Å². The lowest BCUT2D eigenvalue weighted by atomic mass is 10.2. The van der Waals surface area contributed by atoms with Gasteiger partial charge in [0.2, 0.25) is 0 Å². The molecule has 0 aliphatic heterocycles. The van der Waals surface area contributed by atoms with Crippen LogP contribution in [-0.2, 0) is 0 Å². The van der Waals surface area contributed by atoms with Crippen LogP contribution in [0.15, 0.2) is 63.6 Å². The van der Waals surface area contributed by atoms with Crippen LogP contribution in [0.1, 0.15) is 16.8 Å². The van der Waals surface area contributed by atoms with Crippen LogP contribution >= 0.6 is 23.4 Å². The highest BCUT2D eigenvalue weighted by atomic mass is 35.5. The lowest BCUT2D eigenvalue weighted by Crippen LogP contribution is -1.98. The van der Waals surface area contributed by atoms with Crippen LogP contribution in [-0.4, -0.2) is 21.2 Å². The maximum Gasteiger partial charge on any atom is 0.114 e. The van der Waals surface area contributed by atoms with E-state index in [0.29, 0.717) is 5.02 Å². The lowest BCUT2D eigenvalue weighted by molar-refractivity contribution is 0.321. The summed E-state index contributed by atoms with van der Waals surface area (Å²) in [6.07, 6.45) is 1.42. The maximum absolute atomic E-state index is 8.99. The van der Waals surface area contributed by atoms with E-state index in [1.54, 1.807) is 11.8 Å². The SMILES string of the molecule is Cc1ccc(Sc2c(C=NO)c(C)nn2-c2ccc(Cl)cc2)cc1. The summed E-state index contributed by atoms with van der Waals surface area (Å²) in [4.78, 5) is 1.09. The van der Waals surface area contributed by atoms with E-state index in [9.17, 15) is 0 Å². The molecule has 0 unspecified atom stereocenters. The van der Waals surface area contributed by atoms with Gasteiger partial charge in [0.25, 0.3) is 0 Å². The summed E-state index contributed by atoms with van der Waals surface area (Å²) in [5, 5.41) is 18.3. The highest BCUT2D eigenvalue weighted by molar-refractivity contribution is 7.99. The van der Waals surface area contributed by atoms with Crippen molar-refractivity contribution in [3.63, 3.8) is 0 Å². The molecule has 1 aromatic heterocycles. The van der Waals surface area contributed by atoms with E-state index < -0.39 is 0 Å². The quantitative estimate of drug-likeness (QED) is 0.401. The number of halogens is 1. The summed E-state index contributed by atoms with van der Waals surface area (Å²) >= 11 is 7.56. The number of benzene rings is 2. The minimum Gasteiger partial charge on any atom is -0.411 e. The molecule has 0 radical (unpaired) electrons. The number of hydrogen-bond acceptors (Lipinski definition) is 4. The van der Waals surface area contributed by atoms with Crippen LogP contribution in [0.2, 0.25) is 5.02 Å². The maximum atomic E-state index is 8.99. The molecule has 0 amide bonds. The average Bonchev–Trinajstić information content (AvgIpc) is 2.87. The van der Waals surface area contributed by atoms with Crippen LogP contribution in [0, 0.1) is 13.8 Å². The molecule has 3 rings (SSSR count). The highest BCUT2D eigenvalue weighted by Crippen LogP contribution is 2.33. The summed E-state index contributed by atoms with van der Waals surface area (Å²) in [5.74, 6) is 0. The third-order valence-corrected chi connectivity index (χ3v) is 4.90. The Labute approximate surface area is 149 Å².